The van der Waals surface area contributed by atoms with Crippen molar-refractivity contribution < 1.29 is 0 Å². The normalized spacial score (nSPS) is 11.2. The topological polar surface area (TPSA) is 45.5 Å². The van der Waals surface area contributed by atoms with Crippen molar-refractivity contribution in [2.24, 2.45) is 0 Å². The fraction of sp³-hybridized carbons (Fsp3) is 0.400. The molecule has 0 unspecified atom stereocenters. The van der Waals surface area contributed by atoms with Crippen molar-refractivity contribution >= 4 is 27.4 Å². The minimum Gasteiger partial charge on any atom is -0.367 e. The van der Waals surface area contributed by atoms with Crippen molar-refractivity contribution in [2.75, 3.05) is 32.5 Å². The van der Waals surface area contributed by atoms with Crippen LogP contribution in [0.15, 0.2) is 22.9 Å². The van der Waals surface area contributed by atoms with E-state index in [4.69, 9.17) is 0 Å². The number of nitrogens with zero attached hydrogens (tertiary/aromatic N) is 4. The van der Waals surface area contributed by atoms with Crippen LogP contribution in [0.3, 0.4) is 0 Å². The minimum absolute atomic E-state index is 0.838. The fourth-order valence-electron chi connectivity index (χ4n) is 1.35. The molecule has 6 heteroatoms. The largest absolute Gasteiger partial charge is 0.367 e. The zero-order valence-corrected chi connectivity index (χ0v) is 10.9. The highest BCUT2D eigenvalue weighted by Crippen LogP contribution is 2.13. The van der Waals surface area contributed by atoms with E-state index >= 15 is 0 Å². The number of hydrogen-bond acceptors (Lipinski definition) is 4. The second kappa shape index (κ2) is 4.80. The molecule has 0 fully saturated rings. The molecule has 0 aliphatic heterocycles. The average Bonchev–Trinajstić information content (AvgIpc) is 2.60. The smallest absolute Gasteiger partial charge is 0.154 e. The quantitative estimate of drug-likeness (QED) is 0.923. The van der Waals surface area contributed by atoms with E-state index in [1.54, 1.807) is 10.7 Å². The minimum atomic E-state index is 0.838. The van der Waals surface area contributed by atoms with Crippen molar-refractivity contribution in [3.63, 3.8) is 0 Å². The molecule has 2 heterocycles. The van der Waals surface area contributed by atoms with E-state index in [1.807, 2.05) is 26.2 Å². The summed E-state index contributed by atoms with van der Waals surface area (Å²) in [4.78, 5) is 6.31. The standard InChI is InChI=1S/C10H14BrN5/c1-15(2)6-5-12-9-3-4-10-13-7-8(11)16(10)14-9/h3-4,7H,5-6H2,1-2H3,(H,12,14). The van der Waals surface area contributed by atoms with Crippen LogP contribution in [0.1, 0.15) is 0 Å². The summed E-state index contributed by atoms with van der Waals surface area (Å²) >= 11 is 3.39. The van der Waals surface area contributed by atoms with Gasteiger partial charge in [0.05, 0.1) is 6.20 Å². The van der Waals surface area contributed by atoms with Crippen LogP contribution in [0.5, 0.6) is 0 Å². The number of rotatable bonds is 4. The summed E-state index contributed by atoms with van der Waals surface area (Å²) in [5.41, 5.74) is 0.838. The van der Waals surface area contributed by atoms with Crippen molar-refractivity contribution in [1.82, 2.24) is 19.5 Å². The van der Waals surface area contributed by atoms with Crippen LogP contribution in [0.4, 0.5) is 5.82 Å². The van der Waals surface area contributed by atoms with E-state index in [0.717, 1.165) is 29.2 Å². The van der Waals surface area contributed by atoms with Gasteiger partial charge in [-0.3, -0.25) is 0 Å². The Morgan fingerprint density at radius 1 is 1.44 bits per heavy atom. The molecule has 0 spiro atoms. The van der Waals surface area contributed by atoms with Gasteiger partial charge in [0.25, 0.3) is 0 Å². The highest BCUT2D eigenvalue weighted by molar-refractivity contribution is 9.10. The van der Waals surface area contributed by atoms with Crippen molar-refractivity contribution in [2.45, 2.75) is 0 Å². The third-order valence-corrected chi connectivity index (χ3v) is 2.73. The molecule has 0 saturated carbocycles. The van der Waals surface area contributed by atoms with Crippen LogP contribution >= 0.6 is 15.9 Å². The predicted octanol–water partition coefficient (Wildman–Crippen LogP) is 1.47. The van der Waals surface area contributed by atoms with Crippen LogP contribution in [0.2, 0.25) is 0 Å². The highest BCUT2D eigenvalue weighted by atomic mass is 79.9. The van der Waals surface area contributed by atoms with Gasteiger partial charge in [0.15, 0.2) is 5.65 Å². The second-order valence-corrected chi connectivity index (χ2v) is 4.61. The fourth-order valence-corrected chi connectivity index (χ4v) is 1.71. The van der Waals surface area contributed by atoms with E-state index in [0.29, 0.717) is 0 Å². The van der Waals surface area contributed by atoms with Gasteiger partial charge in [-0.05, 0) is 42.2 Å². The lowest BCUT2D eigenvalue weighted by atomic mass is 10.5. The molecule has 0 aliphatic carbocycles. The Morgan fingerprint density at radius 3 is 3.00 bits per heavy atom. The molecule has 2 rings (SSSR count). The number of likely N-dealkylation sites (N-methyl/N-ethyl adjacent to an activating group) is 1. The summed E-state index contributed by atoms with van der Waals surface area (Å²) in [7, 11) is 4.09. The van der Waals surface area contributed by atoms with E-state index in [-0.39, 0.29) is 0 Å². The number of aromatic nitrogens is 3. The first-order valence-corrected chi connectivity index (χ1v) is 5.85. The van der Waals surface area contributed by atoms with Gasteiger partial charge >= 0.3 is 0 Å². The molecule has 0 aliphatic rings. The van der Waals surface area contributed by atoms with Crippen LogP contribution in [0, 0.1) is 0 Å². The molecule has 16 heavy (non-hydrogen) atoms. The third-order valence-electron chi connectivity index (χ3n) is 2.19. The molecule has 0 bridgehead atoms. The Labute approximate surface area is 103 Å². The Hall–Kier alpha value is -1.14. The zero-order valence-electron chi connectivity index (χ0n) is 9.31. The monoisotopic (exact) mass is 283 g/mol. The van der Waals surface area contributed by atoms with Gasteiger partial charge in [-0.15, -0.1) is 5.10 Å². The molecule has 0 aromatic carbocycles. The van der Waals surface area contributed by atoms with Crippen LogP contribution in [-0.2, 0) is 0 Å². The summed E-state index contributed by atoms with van der Waals surface area (Å²) in [6.07, 6.45) is 1.74. The first-order valence-electron chi connectivity index (χ1n) is 5.06. The maximum absolute atomic E-state index is 4.41. The summed E-state index contributed by atoms with van der Waals surface area (Å²) < 4.78 is 2.62. The van der Waals surface area contributed by atoms with Crippen molar-refractivity contribution in [3.8, 4) is 0 Å². The molecule has 86 valence electrons. The number of fused-ring (bicyclic) bond motifs is 1. The molecule has 0 radical (unpaired) electrons. The van der Waals surface area contributed by atoms with E-state index in [1.165, 1.54) is 0 Å². The zero-order chi connectivity index (χ0) is 11.5. The number of nitrogens with one attached hydrogen (secondary N) is 1. The summed E-state index contributed by atoms with van der Waals surface area (Å²) in [5.74, 6) is 0.855. The molecule has 1 N–H and O–H groups in total. The lowest BCUT2D eigenvalue weighted by Crippen LogP contribution is -2.21. The van der Waals surface area contributed by atoms with Gasteiger partial charge in [0, 0.05) is 13.1 Å². The maximum Gasteiger partial charge on any atom is 0.154 e. The van der Waals surface area contributed by atoms with Crippen LogP contribution in [-0.4, -0.2) is 46.7 Å². The number of anilines is 1. The lowest BCUT2D eigenvalue weighted by molar-refractivity contribution is 0.425. The van der Waals surface area contributed by atoms with E-state index in [9.17, 15) is 0 Å². The number of hydrogen-bond donors (Lipinski definition) is 1. The molecule has 2 aromatic heterocycles. The molecule has 2 aromatic rings. The second-order valence-electron chi connectivity index (χ2n) is 3.80. The Kier molecular flexibility index (Phi) is 3.40. The van der Waals surface area contributed by atoms with Gasteiger partial charge < -0.3 is 10.2 Å². The van der Waals surface area contributed by atoms with Gasteiger partial charge in [-0.2, -0.15) is 0 Å². The van der Waals surface area contributed by atoms with E-state index in [2.05, 4.69) is 36.2 Å². The SMILES string of the molecule is CN(C)CCNc1ccc2ncc(Br)n2n1. The molecule has 0 atom stereocenters. The molecular weight excluding hydrogens is 270 g/mol. The Bertz CT molecular complexity index is 479. The lowest BCUT2D eigenvalue weighted by Gasteiger charge is -2.10. The molecule has 5 nitrogen and oxygen atoms in total. The molecule has 0 amide bonds. The first kappa shape index (κ1) is 11.3. The van der Waals surface area contributed by atoms with E-state index < -0.39 is 0 Å². The van der Waals surface area contributed by atoms with Gasteiger partial charge in [0.1, 0.15) is 10.4 Å². The number of imidazole rings is 1. The molecule has 0 saturated heterocycles. The van der Waals surface area contributed by atoms with Gasteiger partial charge in [0.2, 0.25) is 0 Å². The highest BCUT2D eigenvalue weighted by Gasteiger charge is 2.02. The van der Waals surface area contributed by atoms with Gasteiger partial charge in [-0.25, -0.2) is 9.50 Å². The summed E-state index contributed by atoms with van der Waals surface area (Å²) in [6.45, 7) is 1.85. The molecular formula is C10H14BrN5. The average molecular weight is 284 g/mol. The summed E-state index contributed by atoms with van der Waals surface area (Å²) in [6, 6.07) is 3.88. The van der Waals surface area contributed by atoms with Crippen LogP contribution in [0.25, 0.3) is 5.65 Å². The maximum atomic E-state index is 4.41. The first-order chi connectivity index (χ1) is 7.66. The predicted molar refractivity (Wildman–Crippen MR) is 67.7 cm³/mol. The Balaban J connectivity index is 2.10. The van der Waals surface area contributed by atoms with Crippen molar-refractivity contribution in [1.29, 1.82) is 0 Å². The van der Waals surface area contributed by atoms with Crippen LogP contribution < -0.4 is 5.32 Å². The van der Waals surface area contributed by atoms with Crippen molar-refractivity contribution in [3.05, 3.63) is 22.9 Å². The third kappa shape index (κ3) is 2.51. The van der Waals surface area contributed by atoms with Gasteiger partial charge in [-0.1, -0.05) is 0 Å². The summed E-state index contributed by atoms with van der Waals surface area (Å²) in [5, 5.41) is 7.67. The Morgan fingerprint density at radius 2 is 2.25 bits per heavy atom. The number of halogens is 1.